The van der Waals surface area contributed by atoms with Crippen molar-refractivity contribution in [3.63, 3.8) is 0 Å². The molecule has 7 heteroatoms. The molecule has 0 atom stereocenters. The van der Waals surface area contributed by atoms with Crippen LogP contribution in [-0.2, 0) is 0 Å². The van der Waals surface area contributed by atoms with Gasteiger partial charge in [0.15, 0.2) is 11.5 Å². The van der Waals surface area contributed by atoms with Gasteiger partial charge in [0.05, 0.1) is 17.9 Å². The lowest BCUT2D eigenvalue weighted by Crippen LogP contribution is -2.41. The molecule has 0 N–H and O–H groups in total. The lowest BCUT2D eigenvalue weighted by Gasteiger charge is -2.32. The highest BCUT2D eigenvalue weighted by molar-refractivity contribution is 6.00. The second-order valence-corrected chi connectivity index (χ2v) is 8.40. The Bertz CT molecular complexity index is 1270. The number of amides is 1. The van der Waals surface area contributed by atoms with Gasteiger partial charge in [-0.05, 0) is 43.3 Å². The van der Waals surface area contributed by atoms with Gasteiger partial charge in [0.1, 0.15) is 11.8 Å². The number of likely N-dealkylation sites (tertiary alicyclic amines) is 1. The Labute approximate surface area is 204 Å². The van der Waals surface area contributed by atoms with Crippen LogP contribution in [0.1, 0.15) is 30.1 Å². The summed E-state index contributed by atoms with van der Waals surface area (Å²) in [6, 6.07) is 21.3. The van der Waals surface area contributed by atoms with Crippen molar-refractivity contribution in [3.05, 3.63) is 90.9 Å². The zero-order chi connectivity index (χ0) is 24.0. The zero-order valence-corrected chi connectivity index (χ0v) is 19.7. The molecule has 35 heavy (non-hydrogen) atoms. The van der Waals surface area contributed by atoms with E-state index in [9.17, 15) is 4.79 Å². The maximum Gasteiger partial charge on any atom is 0.257 e. The number of rotatable bonds is 7. The standard InChI is InChI=1S/C28H28N4O3/c1-2-34-25-12-6-7-13-26(25)35-23-14-17-31(18-15-23)28(33)24-20-32(22-10-4-3-5-11-22)30-27(24)21-9-8-16-29-19-21/h3-13,16,19-20,23H,2,14-15,17-18H2,1H3. The topological polar surface area (TPSA) is 69.5 Å². The molecule has 1 fully saturated rings. The summed E-state index contributed by atoms with van der Waals surface area (Å²) in [5.41, 5.74) is 2.92. The summed E-state index contributed by atoms with van der Waals surface area (Å²) in [4.78, 5) is 19.7. The number of ether oxygens (including phenoxy) is 2. The minimum Gasteiger partial charge on any atom is -0.490 e. The predicted octanol–water partition coefficient (Wildman–Crippen LogP) is 5.02. The minimum atomic E-state index is -0.0285. The van der Waals surface area contributed by atoms with Crippen LogP contribution in [0.2, 0.25) is 0 Å². The molecule has 0 unspecified atom stereocenters. The zero-order valence-electron chi connectivity index (χ0n) is 19.7. The Kier molecular flexibility index (Phi) is 6.75. The summed E-state index contributed by atoms with van der Waals surface area (Å²) >= 11 is 0. The van der Waals surface area contributed by atoms with Crippen molar-refractivity contribution in [2.24, 2.45) is 0 Å². The maximum absolute atomic E-state index is 13.6. The number of carbonyl (C=O) groups is 1. The first kappa shape index (κ1) is 22.7. The van der Waals surface area contributed by atoms with Crippen LogP contribution in [-0.4, -0.2) is 51.4 Å². The van der Waals surface area contributed by atoms with E-state index in [1.807, 2.05) is 84.8 Å². The van der Waals surface area contributed by atoms with Crippen LogP contribution in [0.5, 0.6) is 11.5 Å². The molecule has 2 aromatic heterocycles. The third-order valence-corrected chi connectivity index (χ3v) is 6.07. The molecule has 2 aromatic carbocycles. The van der Waals surface area contributed by atoms with Crippen LogP contribution >= 0.6 is 0 Å². The lowest BCUT2D eigenvalue weighted by molar-refractivity contribution is 0.0590. The van der Waals surface area contributed by atoms with Crippen molar-refractivity contribution in [2.75, 3.05) is 19.7 Å². The van der Waals surface area contributed by atoms with E-state index in [2.05, 4.69) is 4.98 Å². The minimum absolute atomic E-state index is 0.0285. The normalized spacial score (nSPS) is 14.0. The van der Waals surface area contributed by atoms with Gasteiger partial charge in [-0.2, -0.15) is 5.10 Å². The van der Waals surface area contributed by atoms with Gasteiger partial charge >= 0.3 is 0 Å². The van der Waals surface area contributed by atoms with Crippen LogP contribution in [0.25, 0.3) is 16.9 Å². The fourth-order valence-corrected chi connectivity index (χ4v) is 4.31. The number of hydrogen-bond acceptors (Lipinski definition) is 5. The van der Waals surface area contributed by atoms with E-state index in [1.54, 1.807) is 17.1 Å². The summed E-state index contributed by atoms with van der Waals surface area (Å²) in [7, 11) is 0. The van der Waals surface area contributed by atoms with E-state index < -0.39 is 0 Å². The number of hydrogen-bond donors (Lipinski definition) is 0. The molecular formula is C28H28N4O3. The Morgan fingerprint density at radius 2 is 1.71 bits per heavy atom. The summed E-state index contributed by atoms with van der Waals surface area (Å²) < 4.78 is 13.7. The molecule has 0 radical (unpaired) electrons. The van der Waals surface area contributed by atoms with Gasteiger partial charge in [0, 0.05) is 50.1 Å². The highest BCUT2D eigenvalue weighted by Gasteiger charge is 2.28. The van der Waals surface area contributed by atoms with Crippen molar-refractivity contribution in [1.82, 2.24) is 19.7 Å². The maximum atomic E-state index is 13.6. The highest BCUT2D eigenvalue weighted by atomic mass is 16.5. The second-order valence-electron chi connectivity index (χ2n) is 8.40. The van der Waals surface area contributed by atoms with Gasteiger partial charge in [-0.15, -0.1) is 0 Å². The molecule has 0 bridgehead atoms. The molecule has 0 spiro atoms. The molecule has 0 saturated carbocycles. The number of carbonyl (C=O) groups excluding carboxylic acids is 1. The fourth-order valence-electron chi connectivity index (χ4n) is 4.31. The van der Waals surface area contributed by atoms with Crippen molar-refractivity contribution in [3.8, 4) is 28.4 Å². The average molecular weight is 469 g/mol. The molecule has 1 aliphatic heterocycles. The van der Waals surface area contributed by atoms with E-state index in [4.69, 9.17) is 14.6 Å². The van der Waals surface area contributed by atoms with Crippen LogP contribution in [0.3, 0.4) is 0 Å². The molecular weight excluding hydrogens is 440 g/mol. The number of piperidine rings is 1. The number of benzene rings is 2. The van der Waals surface area contributed by atoms with Gasteiger partial charge in [-0.1, -0.05) is 30.3 Å². The van der Waals surface area contributed by atoms with Gasteiger partial charge in [-0.25, -0.2) is 4.68 Å². The molecule has 5 rings (SSSR count). The summed E-state index contributed by atoms with van der Waals surface area (Å²) in [5.74, 6) is 1.48. The smallest absolute Gasteiger partial charge is 0.257 e. The number of para-hydroxylation sites is 3. The fraction of sp³-hybridized carbons (Fsp3) is 0.250. The first-order valence-electron chi connectivity index (χ1n) is 12.0. The number of nitrogens with zero attached hydrogens (tertiary/aromatic N) is 4. The Balaban J connectivity index is 1.33. The predicted molar refractivity (Wildman–Crippen MR) is 134 cm³/mol. The SMILES string of the molecule is CCOc1ccccc1OC1CCN(C(=O)c2cn(-c3ccccc3)nc2-c2cccnc2)CC1. The van der Waals surface area contributed by atoms with E-state index in [-0.39, 0.29) is 12.0 Å². The Hall–Kier alpha value is -4.13. The van der Waals surface area contributed by atoms with Crippen LogP contribution in [0.4, 0.5) is 0 Å². The van der Waals surface area contributed by atoms with Crippen molar-refractivity contribution in [2.45, 2.75) is 25.9 Å². The van der Waals surface area contributed by atoms with Gasteiger partial charge in [-0.3, -0.25) is 9.78 Å². The van der Waals surface area contributed by atoms with Crippen LogP contribution < -0.4 is 9.47 Å². The summed E-state index contributed by atoms with van der Waals surface area (Å²) in [6.45, 7) is 3.77. The third kappa shape index (κ3) is 5.04. The molecule has 7 nitrogen and oxygen atoms in total. The lowest BCUT2D eigenvalue weighted by atomic mass is 10.0. The summed E-state index contributed by atoms with van der Waals surface area (Å²) in [6.07, 6.45) is 6.81. The quantitative estimate of drug-likeness (QED) is 0.381. The molecule has 4 aromatic rings. The van der Waals surface area contributed by atoms with E-state index in [1.165, 1.54) is 0 Å². The van der Waals surface area contributed by atoms with Gasteiger partial charge in [0.2, 0.25) is 0 Å². The monoisotopic (exact) mass is 468 g/mol. The van der Waals surface area contributed by atoms with Crippen molar-refractivity contribution in [1.29, 1.82) is 0 Å². The summed E-state index contributed by atoms with van der Waals surface area (Å²) in [5, 5.41) is 4.76. The largest absolute Gasteiger partial charge is 0.490 e. The van der Waals surface area contributed by atoms with Gasteiger partial charge in [0.25, 0.3) is 5.91 Å². The Morgan fingerprint density at radius 1 is 0.971 bits per heavy atom. The average Bonchev–Trinajstić information content (AvgIpc) is 3.37. The van der Waals surface area contributed by atoms with Crippen LogP contribution in [0, 0.1) is 0 Å². The van der Waals surface area contributed by atoms with E-state index >= 15 is 0 Å². The van der Waals surface area contributed by atoms with E-state index in [0.717, 1.165) is 35.6 Å². The van der Waals surface area contributed by atoms with Crippen molar-refractivity contribution < 1.29 is 14.3 Å². The first-order chi connectivity index (χ1) is 17.2. The molecule has 0 aliphatic carbocycles. The Morgan fingerprint density at radius 3 is 2.43 bits per heavy atom. The molecule has 1 amide bonds. The van der Waals surface area contributed by atoms with Crippen molar-refractivity contribution >= 4 is 5.91 Å². The van der Waals surface area contributed by atoms with Crippen LogP contribution in [0.15, 0.2) is 85.3 Å². The molecule has 178 valence electrons. The second kappa shape index (κ2) is 10.4. The molecule has 3 heterocycles. The third-order valence-electron chi connectivity index (χ3n) is 6.07. The number of pyridine rings is 1. The molecule has 1 aliphatic rings. The van der Waals surface area contributed by atoms with E-state index in [0.29, 0.717) is 31.0 Å². The number of aromatic nitrogens is 3. The molecule has 1 saturated heterocycles. The highest BCUT2D eigenvalue weighted by Crippen LogP contribution is 2.30. The van der Waals surface area contributed by atoms with Gasteiger partial charge < -0.3 is 14.4 Å². The first-order valence-corrected chi connectivity index (χ1v) is 12.0.